The zero-order valence-corrected chi connectivity index (χ0v) is 18.9. The number of benzene rings is 2. The van der Waals surface area contributed by atoms with E-state index >= 15 is 0 Å². The number of phenolic OH excluding ortho intramolecular Hbond substituents is 2. The number of hydrogen-bond acceptors (Lipinski definition) is 5. The lowest BCUT2D eigenvalue weighted by Crippen LogP contribution is -2.40. The quantitative estimate of drug-likeness (QED) is 0.461. The number of aryl methyl sites for hydroxylation is 1. The number of fused-ring (bicyclic) bond motifs is 3. The highest BCUT2D eigenvalue weighted by Gasteiger charge is 2.40. The van der Waals surface area contributed by atoms with Crippen LogP contribution < -0.4 is 11.2 Å². The van der Waals surface area contributed by atoms with Crippen LogP contribution in [0, 0.1) is 0 Å². The number of phenols is 2. The summed E-state index contributed by atoms with van der Waals surface area (Å²) in [4.78, 5) is 26.4. The number of hydrogen-bond donors (Lipinski definition) is 2. The first-order chi connectivity index (χ1) is 15.6. The third-order valence-corrected chi connectivity index (χ3v) is 6.41. The van der Waals surface area contributed by atoms with Gasteiger partial charge in [-0.05, 0) is 37.1 Å². The lowest BCUT2D eigenvalue weighted by atomic mass is 9.97. The largest absolute Gasteiger partial charge is 0.504 e. The Balaban J connectivity index is 2.00. The molecule has 0 unspecified atom stereocenters. The summed E-state index contributed by atoms with van der Waals surface area (Å²) in [5.41, 5.74) is 1.98. The van der Waals surface area contributed by atoms with Crippen molar-refractivity contribution >= 4 is 10.9 Å². The Labute approximate surface area is 189 Å². The molecule has 33 heavy (non-hydrogen) atoms. The molecule has 2 aromatic carbocycles. The second-order valence-electron chi connectivity index (χ2n) is 9.12. The van der Waals surface area contributed by atoms with E-state index in [1.807, 2.05) is 44.2 Å². The zero-order valence-electron chi connectivity index (χ0n) is 18.9. The van der Waals surface area contributed by atoms with Crippen molar-refractivity contribution in [1.29, 1.82) is 0 Å². The lowest BCUT2D eigenvalue weighted by molar-refractivity contribution is -0.00716. The van der Waals surface area contributed by atoms with E-state index in [0.29, 0.717) is 28.8 Å². The van der Waals surface area contributed by atoms with Gasteiger partial charge in [-0.3, -0.25) is 13.9 Å². The first-order valence-corrected chi connectivity index (χ1v) is 10.7. The predicted octanol–water partition coefficient (Wildman–Crippen LogP) is 2.97. The van der Waals surface area contributed by atoms with Gasteiger partial charge >= 0.3 is 5.69 Å². The molecule has 4 aromatic rings. The van der Waals surface area contributed by atoms with E-state index in [-0.39, 0.29) is 17.1 Å². The highest BCUT2D eigenvalue weighted by Crippen LogP contribution is 2.46. The van der Waals surface area contributed by atoms with Gasteiger partial charge in [0.1, 0.15) is 6.10 Å². The summed E-state index contributed by atoms with van der Waals surface area (Å²) in [5.74, 6) is -0.502. The average Bonchev–Trinajstić information content (AvgIpc) is 3.16. The summed E-state index contributed by atoms with van der Waals surface area (Å²) in [7, 11) is 3.12. The maximum atomic E-state index is 13.5. The fourth-order valence-electron chi connectivity index (χ4n) is 4.82. The Bertz CT molecular complexity index is 1530. The van der Waals surface area contributed by atoms with Gasteiger partial charge in [0.15, 0.2) is 11.5 Å². The minimum atomic E-state index is -0.665. The summed E-state index contributed by atoms with van der Waals surface area (Å²) in [6, 6.07) is 14.1. The molecule has 0 radical (unpaired) electrons. The topological polar surface area (TPSA) is 98.6 Å². The molecule has 2 aromatic heterocycles. The molecule has 1 atom stereocenters. The number of aromatic hydroxyl groups is 2. The Morgan fingerprint density at radius 2 is 1.67 bits per heavy atom. The van der Waals surface area contributed by atoms with Gasteiger partial charge in [-0.25, -0.2) is 4.79 Å². The van der Waals surface area contributed by atoms with Crippen molar-refractivity contribution in [3.8, 4) is 22.8 Å². The maximum absolute atomic E-state index is 13.5. The Morgan fingerprint density at radius 1 is 0.970 bits per heavy atom. The van der Waals surface area contributed by atoms with E-state index in [4.69, 9.17) is 4.74 Å². The van der Waals surface area contributed by atoms with Crippen LogP contribution in [-0.2, 0) is 24.4 Å². The number of ether oxygens (including phenoxy) is 1. The standard InChI is InChI=1S/C25H25N3O5/c1-25(2)13-33-22(15-10-11-16(29)17(30)12-15)21-20-18(23(31)27(4)24(32)26(20)3)19(28(21)25)14-8-6-5-7-9-14/h5-12,22,29-30H,13H2,1-4H3/t22-/m0/s1. The Kier molecular flexibility index (Phi) is 4.54. The molecule has 0 bridgehead atoms. The van der Waals surface area contributed by atoms with Gasteiger partial charge < -0.3 is 19.5 Å². The molecule has 8 nitrogen and oxygen atoms in total. The van der Waals surface area contributed by atoms with Crippen molar-refractivity contribution in [3.05, 3.63) is 80.6 Å². The van der Waals surface area contributed by atoms with Crippen LogP contribution in [0.5, 0.6) is 11.5 Å². The molecule has 5 rings (SSSR count). The fraction of sp³-hybridized carbons (Fsp3) is 0.280. The Morgan fingerprint density at radius 3 is 2.33 bits per heavy atom. The summed E-state index contributed by atoms with van der Waals surface area (Å²) in [5, 5.41) is 20.4. The molecule has 0 saturated carbocycles. The Hall–Kier alpha value is -3.78. The van der Waals surface area contributed by atoms with Gasteiger partial charge in [-0.1, -0.05) is 36.4 Å². The molecule has 170 valence electrons. The second-order valence-corrected chi connectivity index (χ2v) is 9.12. The van der Waals surface area contributed by atoms with E-state index < -0.39 is 17.3 Å². The number of rotatable bonds is 2. The van der Waals surface area contributed by atoms with Crippen molar-refractivity contribution < 1.29 is 14.9 Å². The number of nitrogens with zero attached hydrogens (tertiary/aromatic N) is 3. The zero-order chi connectivity index (χ0) is 23.7. The van der Waals surface area contributed by atoms with E-state index in [1.54, 1.807) is 13.1 Å². The molecule has 0 fully saturated rings. The van der Waals surface area contributed by atoms with Crippen LogP contribution in [0.1, 0.15) is 31.2 Å². The normalized spacial score (nSPS) is 17.3. The molecule has 2 N–H and O–H groups in total. The van der Waals surface area contributed by atoms with E-state index in [1.165, 1.54) is 23.7 Å². The summed E-state index contributed by atoms with van der Waals surface area (Å²) < 4.78 is 11.0. The minimum Gasteiger partial charge on any atom is -0.504 e. The molecule has 1 aliphatic heterocycles. The van der Waals surface area contributed by atoms with Crippen LogP contribution in [0.2, 0.25) is 0 Å². The van der Waals surface area contributed by atoms with Crippen LogP contribution in [0.15, 0.2) is 58.1 Å². The lowest BCUT2D eigenvalue weighted by Gasteiger charge is -2.39. The molecule has 1 aliphatic rings. The van der Waals surface area contributed by atoms with Crippen molar-refractivity contribution in [3.63, 3.8) is 0 Å². The van der Waals surface area contributed by atoms with E-state index in [0.717, 1.165) is 15.8 Å². The molecule has 3 heterocycles. The summed E-state index contributed by atoms with van der Waals surface area (Å²) >= 11 is 0. The van der Waals surface area contributed by atoms with Gasteiger partial charge in [0, 0.05) is 14.1 Å². The van der Waals surface area contributed by atoms with Crippen molar-refractivity contribution in [2.45, 2.75) is 25.5 Å². The molecule has 0 amide bonds. The van der Waals surface area contributed by atoms with Crippen LogP contribution in [-0.4, -0.2) is 30.5 Å². The smallest absolute Gasteiger partial charge is 0.331 e. The van der Waals surface area contributed by atoms with Crippen LogP contribution in [0.4, 0.5) is 0 Å². The third kappa shape index (κ3) is 2.94. The highest BCUT2D eigenvalue weighted by atomic mass is 16.5. The van der Waals surface area contributed by atoms with Crippen molar-refractivity contribution in [1.82, 2.24) is 13.7 Å². The average molecular weight is 447 g/mol. The highest BCUT2D eigenvalue weighted by molar-refractivity contribution is 5.96. The van der Waals surface area contributed by atoms with Gasteiger partial charge in [-0.2, -0.15) is 0 Å². The van der Waals surface area contributed by atoms with Gasteiger partial charge in [0.25, 0.3) is 5.56 Å². The van der Waals surface area contributed by atoms with Gasteiger partial charge in [-0.15, -0.1) is 0 Å². The monoisotopic (exact) mass is 447 g/mol. The van der Waals surface area contributed by atoms with Crippen molar-refractivity contribution in [2.75, 3.05) is 6.61 Å². The predicted molar refractivity (Wildman–Crippen MR) is 125 cm³/mol. The van der Waals surface area contributed by atoms with Gasteiger partial charge in [0.05, 0.1) is 34.4 Å². The maximum Gasteiger partial charge on any atom is 0.331 e. The molecular weight excluding hydrogens is 422 g/mol. The molecule has 0 aliphatic carbocycles. The first kappa shape index (κ1) is 21.1. The molecule has 0 spiro atoms. The molecule has 8 heteroatoms. The van der Waals surface area contributed by atoms with Gasteiger partial charge in [0.2, 0.25) is 0 Å². The third-order valence-electron chi connectivity index (χ3n) is 6.41. The SMILES string of the molecule is Cn1c(=O)c2c(-c3ccccc3)n3c(c2n(C)c1=O)[C@H](c1ccc(O)c(O)c1)OCC3(C)C. The molecular formula is C25H25N3O5. The van der Waals surface area contributed by atoms with E-state index in [9.17, 15) is 19.8 Å². The van der Waals surface area contributed by atoms with Crippen molar-refractivity contribution in [2.24, 2.45) is 14.1 Å². The van der Waals surface area contributed by atoms with Crippen LogP contribution >= 0.6 is 0 Å². The summed E-state index contributed by atoms with van der Waals surface area (Å²) in [6.07, 6.45) is -0.665. The fourth-order valence-corrected chi connectivity index (χ4v) is 4.82. The number of aromatic nitrogens is 3. The van der Waals surface area contributed by atoms with Crippen LogP contribution in [0.3, 0.4) is 0 Å². The van der Waals surface area contributed by atoms with E-state index in [2.05, 4.69) is 4.57 Å². The van der Waals surface area contributed by atoms with Crippen LogP contribution in [0.25, 0.3) is 22.2 Å². The molecule has 0 saturated heterocycles. The second kappa shape index (κ2) is 7.11. The summed E-state index contributed by atoms with van der Waals surface area (Å²) in [6.45, 7) is 4.38. The minimum absolute atomic E-state index is 0.235. The first-order valence-electron chi connectivity index (χ1n) is 10.7.